The quantitative estimate of drug-likeness (QED) is 0.705. The standard InChI is InChI=1S/C20H23N7O/c1-13-3-6-26(20(28)25-7-4-14(8-21)11-25)12-16(13)19-24-10-15-9-23-18-17(27(15)19)2-5-22-18/h2,5,9-10,13-14,16,22H,3-4,6-7,11-12H2,1H3/t13-,14-,16+/m1/s1. The van der Waals surface area contributed by atoms with E-state index in [1.807, 2.05) is 34.5 Å². The molecule has 0 aliphatic carbocycles. The lowest BCUT2D eigenvalue weighted by molar-refractivity contribution is 0.131. The van der Waals surface area contributed by atoms with Gasteiger partial charge in [-0.15, -0.1) is 0 Å². The van der Waals surface area contributed by atoms with Crippen LogP contribution in [0, 0.1) is 23.2 Å². The topological polar surface area (TPSA) is 93.3 Å². The second-order valence-electron chi connectivity index (χ2n) is 8.01. The van der Waals surface area contributed by atoms with Crippen LogP contribution < -0.4 is 0 Å². The molecule has 5 heterocycles. The van der Waals surface area contributed by atoms with Crippen LogP contribution in [0.15, 0.2) is 24.7 Å². The summed E-state index contributed by atoms with van der Waals surface area (Å²) in [6, 6.07) is 4.37. The Hall–Kier alpha value is -3.08. The van der Waals surface area contributed by atoms with E-state index in [1.54, 1.807) is 0 Å². The Kier molecular flexibility index (Phi) is 3.97. The maximum absolute atomic E-state index is 13.0. The normalized spacial score (nSPS) is 25.5. The third kappa shape index (κ3) is 2.61. The maximum Gasteiger partial charge on any atom is 0.320 e. The molecule has 3 aromatic rings. The van der Waals surface area contributed by atoms with E-state index in [4.69, 9.17) is 10.2 Å². The second kappa shape index (κ2) is 6.51. The summed E-state index contributed by atoms with van der Waals surface area (Å²) in [7, 11) is 0. The summed E-state index contributed by atoms with van der Waals surface area (Å²) in [5, 5.41) is 9.13. The molecule has 2 saturated heterocycles. The zero-order valence-corrected chi connectivity index (χ0v) is 15.9. The van der Waals surface area contributed by atoms with Crippen LogP contribution in [0.25, 0.3) is 16.7 Å². The predicted molar refractivity (Wildman–Crippen MR) is 104 cm³/mol. The van der Waals surface area contributed by atoms with Crippen molar-refractivity contribution in [1.29, 1.82) is 5.26 Å². The number of fused-ring (bicyclic) bond motifs is 3. The highest BCUT2D eigenvalue weighted by atomic mass is 16.2. The van der Waals surface area contributed by atoms with Crippen LogP contribution >= 0.6 is 0 Å². The van der Waals surface area contributed by atoms with Gasteiger partial charge < -0.3 is 14.8 Å². The third-order valence-electron chi connectivity index (χ3n) is 6.29. The minimum absolute atomic E-state index is 0.0333. The van der Waals surface area contributed by atoms with Crippen LogP contribution in [0.1, 0.15) is 31.5 Å². The number of H-pyrrole nitrogens is 1. The molecule has 5 rings (SSSR count). The van der Waals surface area contributed by atoms with Gasteiger partial charge >= 0.3 is 6.03 Å². The van der Waals surface area contributed by atoms with Gasteiger partial charge in [0, 0.05) is 38.3 Å². The first-order chi connectivity index (χ1) is 13.7. The molecule has 3 aromatic heterocycles. The van der Waals surface area contributed by atoms with Gasteiger partial charge in [0.15, 0.2) is 5.65 Å². The second-order valence-corrected chi connectivity index (χ2v) is 8.01. The highest BCUT2D eigenvalue weighted by molar-refractivity contribution is 5.76. The van der Waals surface area contributed by atoms with E-state index in [1.165, 1.54) is 0 Å². The number of piperidine rings is 1. The molecule has 1 N–H and O–H groups in total. The molecule has 0 radical (unpaired) electrons. The van der Waals surface area contributed by atoms with E-state index < -0.39 is 0 Å². The van der Waals surface area contributed by atoms with Gasteiger partial charge in [-0.1, -0.05) is 6.92 Å². The molecule has 2 amide bonds. The Morgan fingerprint density at radius 3 is 2.82 bits per heavy atom. The highest BCUT2D eigenvalue weighted by Crippen LogP contribution is 2.33. The number of aromatic amines is 1. The maximum atomic E-state index is 13.0. The number of carbonyl (C=O) groups excluding carboxylic acids is 1. The Bertz CT molecular complexity index is 1080. The van der Waals surface area contributed by atoms with Gasteiger partial charge in [0.2, 0.25) is 0 Å². The van der Waals surface area contributed by atoms with Crippen molar-refractivity contribution in [3.8, 4) is 6.07 Å². The number of urea groups is 1. The average Bonchev–Trinajstić information content (AvgIpc) is 3.45. The summed E-state index contributed by atoms with van der Waals surface area (Å²) in [5.74, 6) is 1.55. The van der Waals surface area contributed by atoms with Crippen LogP contribution in [0.4, 0.5) is 4.79 Å². The van der Waals surface area contributed by atoms with Crippen molar-refractivity contribution in [1.82, 2.24) is 29.2 Å². The van der Waals surface area contributed by atoms with Gasteiger partial charge in [-0.2, -0.15) is 5.26 Å². The lowest BCUT2D eigenvalue weighted by atomic mass is 9.86. The number of hydrogen-bond donors (Lipinski definition) is 1. The van der Waals surface area contributed by atoms with Crippen LogP contribution in [0.5, 0.6) is 0 Å². The molecular weight excluding hydrogens is 354 g/mol. The van der Waals surface area contributed by atoms with Crippen LogP contribution in [-0.2, 0) is 0 Å². The van der Waals surface area contributed by atoms with Gasteiger partial charge in [-0.05, 0) is 24.8 Å². The number of nitriles is 1. The number of amides is 2. The molecule has 0 aromatic carbocycles. The summed E-state index contributed by atoms with van der Waals surface area (Å²) in [5.41, 5.74) is 2.81. The number of aromatic nitrogens is 4. The summed E-state index contributed by atoms with van der Waals surface area (Å²) in [6.07, 6.45) is 7.31. The van der Waals surface area contributed by atoms with E-state index >= 15 is 0 Å². The van der Waals surface area contributed by atoms with Crippen molar-refractivity contribution in [2.75, 3.05) is 26.2 Å². The first kappa shape index (κ1) is 17.0. The van der Waals surface area contributed by atoms with Crippen molar-refractivity contribution < 1.29 is 4.79 Å². The Morgan fingerprint density at radius 2 is 2.00 bits per heavy atom. The molecule has 144 valence electrons. The van der Waals surface area contributed by atoms with Crippen LogP contribution in [0.3, 0.4) is 0 Å². The number of hydrogen-bond acceptors (Lipinski definition) is 4. The molecule has 0 saturated carbocycles. The molecule has 3 atom stereocenters. The van der Waals surface area contributed by atoms with E-state index in [0.29, 0.717) is 25.6 Å². The molecule has 8 heteroatoms. The SMILES string of the molecule is C[C@@H]1CCN(C(=O)N2CC[C@H](C#N)C2)C[C@@H]1c1ncc2cnc3[nH]ccc3n12. The Balaban J connectivity index is 1.45. The zero-order chi connectivity index (χ0) is 19.3. The Labute approximate surface area is 162 Å². The number of rotatable bonds is 1. The molecule has 2 fully saturated rings. The molecule has 2 aliphatic rings. The summed E-state index contributed by atoms with van der Waals surface area (Å²) < 4.78 is 2.16. The van der Waals surface area contributed by atoms with Gasteiger partial charge in [0.05, 0.1) is 35.4 Å². The minimum Gasteiger partial charge on any atom is -0.345 e. The lowest BCUT2D eigenvalue weighted by Crippen LogP contribution is -2.48. The van der Waals surface area contributed by atoms with Crippen molar-refractivity contribution in [3.05, 3.63) is 30.5 Å². The summed E-state index contributed by atoms with van der Waals surface area (Å²) in [4.78, 5) is 29.1. The number of carbonyl (C=O) groups is 1. The minimum atomic E-state index is -0.0333. The largest absolute Gasteiger partial charge is 0.345 e. The van der Waals surface area contributed by atoms with Crippen molar-refractivity contribution in [2.24, 2.45) is 11.8 Å². The number of imidazole rings is 1. The van der Waals surface area contributed by atoms with Crippen molar-refractivity contribution >= 4 is 22.7 Å². The Morgan fingerprint density at radius 1 is 1.21 bits per heavy atom. The van der Waals surface area contributed by atoms with Crippen LogP contribution in [0.2, 0.25) is 0 Å². The molecule has 8 nitrogen and oxygen atoms in total. The predicted octanol–water partition coefficient (Wildman–Crippen LogP) is 2.60. The van der Waals surface area contributed by atoms with Crippen molar-refractivity contribution in [2.45, 2.75) is 25.7 Å². The molecule has 2 aliphatic heterocycles. The molecular formula is C20H23N7O. The monoisotopic (exact) mass is 377 g/mol. The zero-order valence-electron chi connectivity index (χ0n) is 15.9. The molecule has 0 bridgehead atoms. The first-order valence-corrected chi connectivity index (χ1v) is 9.88. The van der Waals surface area contributed by atoms with Crippen LogP contribution in [-0.4, -0.2) is 61.4 Å². The lowest BCUT2D eigenvalue weighted by Gasteiger charge is -2.38. The summed E-state index contributed by atoms with van der Waals surface area (Å²) in [6.45, 7) is 4.88. The fraction of sp³-hybridized carbons (Fsp3) is 0.500. The van der Waals surface area contributed by atoms with Gasteiger partial charge in [-0.3, -0.25) is 4.40 Å². The first-order valence-electron chi connectivity index (χ1n) is 9.88. The number of nitrogens with zero attached hydrogens (tertiary/aromatic N) is 6. The number of nitrogens with one attached hydrogen (secondary N) is 1. The molecule has 28 heavy (non-hydrogen) atoms. The van der Waals surface area contributed by atoms with Gasteiger partial charge in [0.1, 0.15) is 5.82 Å². The van der Waals surface area contributed by atoms with Gasteiger partial charge in [0.25, 0.3) is 0 Å². The van der Waals surface area contributed by atoms with E-state index in [-0.39, 0.29) is 17.9 Å². The van der Waals surface area contributed by atoms with E-state index in [2.05, 4.69) is 27.4 Å². The van der Waals surface area contributed by atoms with Crippen molar-refractivity contribution in [3.63, 3.8) is 0 Å². The number of likely N-dealkylation sites (tertiary alicyclic amines) is 2. The summed E-state index contributed by atoms with van der Waals surface area (Å²) >= 11 is 0. The fourth-order valence-electron chi connectivity index (χ4n) is 4.58. The third-order valence-corrected chi connectivity index (χ3v) is 6.29. The molecule has 0 spiro atoms. The van der Waals surface area contributed by atoms with E-state index in [0.717, 1.165) is 41.9 Å². The molecule has 0 unspecified atom stereocenters. The fourth-order valence-corrected chi connectivity index (χ4v) is 4.58. The highest BCUT2D eigenvalue weighted by Gasteiger charge is 2.36. The average molecular weight is 377 g/mol. The smallest absolute Gasteiger partial charge is 0.320 e. The van der Waals surface area contributed by atoms with Gasteiger partial charge in [-0.25, -0.2) is 14.8 Å². The van der Waals surface area contributed by atoms with E-state index in [9.17, 15) is 4.79 Å².